The number of H-pyrrole nitrogens is 1. The fraction of sp³-hybridized carbons (Fsp3) is 0.364. The topological polar surface area (TPSA) is 131 Å². The van der Waals surface area contributed by atoms with Gasteiger partial charge in [-0.15, -0.1) is 0 Å². The molecule has 3 aromatic rings. The zero-order valence-corrected chi connectivity index (χ0v) is 17.7. The highest BCUT2D eigenvalue weighted by atomic mass is 19.4. The van der Waals surface area contributed by atoms with Crippen LogP contribution < -0.4 is 11.5 Å². The number of aromatic amines is 1. The third-order valence-electron chi connectivity index (χ3n) is 6.54. The van der Waals surface area contributed by atoms with Crippen LogP contribution in [0.25, 0.3) is 11.2 Å². The molecule has 1 amide bonds. The van der Waals surface area contributed by atoms with Gasteiger partial charge in [-0.2, -0.15) is 13.2 Å². The third kappa shape index (κ3) is 3.62. The van der Waals surface area contributed by atoms with Crippen LogP contribution in [0.5, 0.6) is 0 Å². The van der Waals surface area contributed by atoms with E-state index in [9.17, 15) is 22.8 Å². The van der Waals surface area contributed by atoms with Gasteiger partial charge in [0, 0.05) is 24.7 Å². The molecular formula is C22H21F3N6O2. The molecule has 0 radical (unpaired) electrons. The van der Waals surface area contributed by atoms with Crippen LogP contribution in [0.3, 0.4) is 0 Å². The van der Waals surface area contributed by atoms with Crippen molar-refractivity contribution < 1.29 is 22.8 Å². The number of nitrogen functional groups attached to an aromatic ring is 1. The second kappa shape index (κ2) is 7.27. The molecule has 8 nitrogen and oxygen atoms in total. The van der Waals surface area contributed by atoms with Gasteiger partial charge in [0.1, 0.15) is 22.6 Å². The Morgan fingerprint density at radius 2 is 1.97 bits per heavy atom. The maximum absolute atomic E-state index is 13.9. The number of nitrogens with one attached hydrogen (secondary N) is 1. The molecule has 3 heterocycles. The van der Waals surface area contributed by atoms with Gasteiger partial charge in [0.15, 0.2) is 5.65 Å². The van der Waals surface area contributed by atoms with E-state index in [0.717, 1.165) is 25.1 Å². The number of nitrogens with two attached hydrogens (primary N) is 2. The minimum atomic E-state index is -4.61. The van der Waals surface area contributed by atoms with Crippen molar-refractivity contribution in [2.75, 3.05) is 5.73 Å². The maximum Gasteiger partial charge on any atom is 0.416 e. The van der Waals surface area contributed by atoms with Gasteiger partial charge in [-0.25, -0.2) is 9.97 Å². The highest BCUT2D eigenvalue weighted by Crippen LogP contribution is 2.42. The minimum absolute atomic E-state index is 0.00696. The molecule has 0 bridgehead atoms. The largest absolute Gasteiger partial charge is 0.416 e. The molecule has 1 fully saturated rings. The molecule has 1 atom stereocenters. The van der Waals surface area contributed by atoms with E-state index < -0.39 is 23.4 Å². The fourth-order valence-corrected chi connectivity index (χ4v) is 4.57. The van der Waals surface area contributed by atoms with E-state index >= 15 is 0 Å². The second-order valence-corrected chi connectivity index (χ2v) is 8.70. The molecular weight excluding hydrogens is 437 g/mol. The van der Waals surface area contributed by atoms with E-state index in [1.807, 2.05) is 11.8 Å². The van der Waals surface area contributed by atoms with Crippen LogP contribution >= 0.6 is 0 Å². The number of nitrogens with zero attached hydrogens (tertiary/aromatic N) is 3. The summed E-state index contributed by atoms with van der Waals surface area (Å²) in [5.74, 6) is -1.14. The number of amides is 1. The first-order valence-corrected chi connectivity index (χ1v) is 10.5. The smallest absolute Gasteiger partial charge is 0.384 e. The molecule has 5 N–H and O–H groups in total. The molecule has 11 heteroatoms. The highest BCUT2D eigenvalue weighted by Gasteiger charge is 2.41. The molecule has 0 unspecified atom stereocenters. The molecule has 2 aromatic heterocycles. The first kappa shape index (κ1) is 21.4. The number of fused-ring (bicyclic) bond motifs is 2. The number of ketones is 1. The molecule has 1 aromatic carbocycles. The van der Waals surface area contributed by atoms with Crippen molar-refractivity contribution in [1.82, 2.24) is 19.9 Å². The third-order valence-corrected chi connectivity index (χ3v) is 6.54. The van der Waals surface area contributed by atoms with Crippen LogP contribution in [0.2, 0.25) is 0 Å². The summed E-state index contributed by atoms with van der Waals surface area (Å²) in [5.41, 5.74) is 10.6. The molecule has 1 aliphatic carbocycles. The van der Waals surface area contributed by atoms with Gasteiger partial charge in [0.25, 0.3) is 5.91 Å². The number of hydrogen-bond acceptors (Lipinski definition) is 6. The van der Waals surface area contributed by atoms with E-state index in [1.165, 1.54) is 6.07 Å². The van der Waals surface area contributed by atoms with E-state index in [1.54, 1.807) is 0 Å². The fourth-order valence-electron chi connectivity index (χ4n) is 4.57. The van der Waals surface area contributed by atoms with Gasteiger partial charge < -0.3 is 16.5 Å². The molecule has 0 saturated heterocycles. The molecule has 172 valence electrons. The van der Waals surface area contributed by atoms with Gasteiger partial charge in [0.2, 0.25) is 5.78 Å². The number of aromatic nitrogens is 3. The number of carbonyl (C=O) groups excluding carboxylic acids is 2. The number of primary amides is 1. The number of carbonyl (C=O) groups is 2. The van der Waals surface area contributed by atoms with E-state index in [-0.39, 0.29) is 52.0 Å². The zero-order valence-electron chi connectivity index (χ0n) is 17.7. The maximum atomic E-state index is 13.9. The van der Waals surface area contributed by atoms with Crippen molar-refractivity contribution in [3.05, 3.63) is 51.8 Å². The lowest BCUT2D eigenvalue weighted by Crippen LogP contribution is -2.29. The van der Waals surface area contributed by atoms with Crippen LogP contribution in [0.4, 0.5) is 19.0 Å². The van der Waals surface area contributed by atoms with Crippen LogP contribution in [0, 0.1) is 5.92 Å². The van der Waals surface area contributed by atoms with Crippen molar-refractivity contribution in [2.45, 2.75) is 45.1 Å². The van der Waals surface area contributed by atoms with Crippen molar-refractivity contribution >= 4 is 28.7 Å². The Bertz CT molecular complexity index is 1310. The summed E-state index contributed by atoms with van der Waals surface area (Å²) in [5, 5.41) is 0. The number of halogens is 3. The Balaban J connectivity index is 1.56. The minimum Gasteiger partial charge on any atom is -0.384 e. The lowest BCUT2D eigenvalue weighted by Gasteiger charge is -2.23. The van der Waals surface area contributed by atoms with Crippen LogP contribution in [-0.4, -0.2) is 37.6 Å². The lowest BCUT2D eigenvalue weighted by molar-refractivity contribution is -0.138. The Kier molecular flexibility index (Phi) is 4.71. The SMILES string of the molecule is C[C@@H](C1CC1)N1Cc2cc(C(=O)c3cnc4[nH]c(N)c(C(N)=O)c4n3)cc(C(F)(F)F)c2C1. The van der Waals surface area contributed by atoms with E-state index in [4.69, 9.17) is 11.5 Å². The quantitative estimate of drug-likeness (QED) is 0.504. The van der Waals surface area contributed by atoms with Gasteiger partial charge in [0.05, 0.1) is 11.8 Å². The van der Waals surface area contributed by atoms with Gasteiger partial charge in [-0.05, 0) is 48.9 Å². The first-order valence-electron chi connectivity index (χ1n) is 10.5. The molecule has 1 saturated carbocycles. The Morgan fingerprint density at radius 3 is 2.61 bits per heavy atom. The average molecular weight is 458 g/mol. The summed E-state index contributed by atoms with van der Waals surface area (Å²) in [6.45, 7) is 2.58. The molecule has 0 spiro atoms. The van der Waals surface area contributed by atoms with Gasteiger partial charge >= 0.3 is 6.18 Å². The number of hydrogen-bond donors (Lipinski definition) is 3. The summed E-state index contributed by atoms with van der Waals surface area (Å²) in [6, 6.07) is 2.55. The molecule has 2 aliphatic rings. The summed E-state index contributed by atoms with van der Waals surface area (Å²) in [7, 11) is 0. The van der Waals surface area contributed by atoms with E-state index in [2.05, 4.69) is 15.0 Å². The Morgan fingerprint density at radius 1 is 1.24 bits per heavy atom. The zero-order chi connectivity index (χ0) is 23.7. The monoisotopic (exact) mass is 458 g/mol. The van der Waals surface area contributed by atoms with Crippen molar-refractivity contribution in [3.63, 3.8) is 0 Å². The van der Waals surface area contributed by atoms with Gasteiger partial charge in [-0.3, -0.25) is 14.5 Å². The number of alkyl halides is 3. The molecule has 5 rings (SSSR count). The number of anilines is 1. The van der Waals surface area contributed by atoms with Crippen molar-refractivity contribution in [2.24, 2.45) is 11.7 Å². The Labute approximate surface area is 186 Å². The summed E-state index contributed by atoms with van der Waals surface area (Å²) in [4.78, 5) is 37.7. The number of rotatable bonds is 5. The Hall–Kier alpha value is -3.47. The summed E-state index contributed by atoms with van der Waals surface area (Å²) in [6.07, 6.45) is -1.31. The first-order chi connectivity index (χ1) is 15.5. The summed E-state index contributed by atoms with van der Waals surface area (Å²) >= 11 is 0. The summed E-state index contributed by atoms with van der Waals surface area (Å²) < 4.78 is 41.7. The second-order valence-electron chi connectivity index (χ2n) is 8.70. The number of benzene rings is 1. The average Bonchev–Trinajstić information content (AvgIpc) is 3.41. The predicted molar refractivity (Wildman–Crippen MR) is 113 cm³/mol. The predicted octanol–water partition coefficient (Wildman–Crippen LogP) is 3.00. The standard InChI is InChI=1S/C22H21F3N6O2/c1-9(10-2-3-10)31-7-12-4-11(5-14(13(12)8-31)22(23,24)25)18(32)15-6-28-21-17(29-15)16(20(27)33)19(26)30-21/h4-6,9-10H,2-3,7-8,26H2,1H3,(H2,27,33)(H,28,30)/t9-/m0/s1. The van der Waals surface area contributed by atoms with E-state index in [0.29, 0.717) is 18.0 Å². The van der Waals surface area contributed by atoms with Crippen LogP contribution in [0.15, 0.2) is 18.3 Å². The van der Waals surface area contributed by atoms with Crippen LogP contribution in [0.1, 0.15) is 62.9 Å². The normalized spacial score (nSPS) is 17.3. The van der Waals surface area contributed by atoms with Crippen LogP contribution in [-0.2, 0) is 19.3 Å². The van der Waals surface area contributed by atoms with Crippen molar-refractivity contribution in [3.8, 4) is 0 Å². The van der Waals surface area contributed by atoms with Crippen molar-refractivity contribution in [1.29, 1.82) is 0 Å². The highest BCUT2D eigenvalue weighted by molar-refractivity contribution is 6.11. The molecule has 1 aliphatic heterocycles. The lowest BCUT2D eigenvalue weighted by atomic mass is 9.96. The molecule has 33 heavy (non-hydrogen) atoms. The van der Waals surface area contributed by atoms with Gasteiger partial charge in [-0.1, -0.05) is 0 Å².